The maximum Gasteiger partial charge on any atom is 0.250 e. The Kier molecular flexibility index (Phi) is 8.48. The molecule has 0 aliphatic heterocycles. The van der Waals surface area contributed by atoms with E-state index in [-0.39, 0.29) is 11.0 Å². The molecule has 0 aliphatic carbocycles. The summed E-state index contributed by atoms with van der Waals surface area (Å²) in [5.74, 6) is 0.906. The van der Waals surface area contributed by atoms with Crippen molar-refractivity contribution in [1.29, 1.82) is 0 Å². The first-order valence-corrected chi connectivity index (χ1v) is 9.78. The smallest absolute Gasteiger partial charge is 0.250 e. The highest BCUT2D eigenvalue weighted by Gasteiger charge is 2.06. The van der Waals surface area contributed by atoms with Gasteiger partial charge in [-0.2, -0.15) is 0 Å². The molecule has 0 radical (unpaired) electrons. The van der Waals surface area contributed by atoms with Crippen LogP contribution in [0.1, 0.15) is 19.4 Å². The van der Waals surface area contributed by atoms with E-state index >= 15 is 0 Å². The fourth-order valence-electron chi connectivity index (χ4n) is 2.79. The number of carbonyl (C=O) groups is 1. The minimum absolute atomic E-state index is 0.238. The average Bonchev–Trinajstić information content (AvgIpc) is 2.74. The SMILES string of the molecule is CCN(CC)c1ccc(NC(=S)NC(=O)/C=C/c2ccc(OC)c(OC)c2)cc1. The van der Waals surface area contributed by atoms with E-state index in [0.717, 1.165) is 30.0 Å². The molecule has 1 amide bonds. The Morgan fingerprint density at radius 1 is 1.03 bits per heavy atom. The zero-order valence-electron chi connectivity index (χ0n) is 17.2. The van der Waals surface area contributed by atoms with E-state index < -0.39 is 0 Å². The summed E-state index contributed by atoms with van der Waals surface area (Å²) in [5.41, 5.74) is 2.77. The summed E-state index contributed by atoms with van der Waals surface area (Å²) in [4.78, 5) is 14.4. The molecule has 0 bridgehead atoms. The highest BCUT2D eigenvalue weighted by atomic mass is 32.1. The van der Waals surface area contributed by atoms with Crippen LogP contribution in [0.2, 0.25) is 0 Å². The number of anilines is 2. The number of ether oxygens (including phenoxy) is 2. The Balaban J connectivity index is 1.92. The van der Waals surface area contributed by atoms with Crippen molar-refractivity contribution in [2.24, 2.45) is 0 Å². The molecule has 6 nitrogen and oxygen atoms in total. The summed E-state index contributed by atoms with van der Waals surface area (Å²) in [7, 11) is 3.14. The third-order valence-electron chi connectivity index (χ3n) is 4.33. The molecule has 2 aromatic rings. The summed E-state index contributed by atoms with van der Waals surface area (Å²) in [6, 6.07) is 13.3. The number of amides is 1. The van der Waals surface area contributed by atoms with E-state index in [1.807, 2.05) is 30.3 Å². The first-order valence-electron chi connectivity index (χ1n) is 9.37. The van der Waals surface area contributed by atoms with E-state index in [0.29, 0.717) is 11.5 Å². The summed E-state index contributed by atoms with van der Waals surface area (Å²) in [6.07, 6.45) is 3.09. The van der Waals surface area contributed by atoms with Crippen molar-refractivity contribution in [2.45, 2.75) is 13.8 Å². The van der Waals surface area contributed by atoms with Gasteiger partial charge in [-0.05, 0) is 74.1 Å². The van der Waals surface area contributed by atoms with Crippen LogP contribution in [0.25, 0.3) is 6.08 Å². The normalized spacial score (nSPS) is 10.5. The second-order valence-electron chi connectivity index (χ2n) is 6.11. The van der Waals surface area contributed by atoms with Gasteiger partial charge in [-0.1, -0.05) is 6.07 Å². The molecule has 0 saturated carbocycles. The maximum absolute atomic E-state index is 12.1. The van der Waals surface area contributed by atoms with E-state index in [1.165, 1.54) is 6.08 Å². The van der Waals surface area contributed by atoms with E-state index in [4.69, 9.17) is 21.7 Å². The second-order valence-corrected chi connectivity index (χ2v) is 6.52. The molecule has 2 N–H and O–H groups in total. The van der Waals surface area contributed by atoms with Crippen LogP contribution < -0.4 is 25.0 Å². The van der Waals surface area contributed by atoms with Gasteiger partial charge in [-0.25, -0.2) is 0 Å². The fourth-order valence-corrected chi connectivity index (χ4v) is 3.01. The lowest BCUT2D eigenvalue weighted by molar-refractivity contribution is -0.115. The molecule has 0 saturated heterocycles. The molecule has 0 unspecified atom stereocenters. The first-order chi connectivity index (χ1) is 14.0. The van der Waals surface area contributed by atoms with Crippen LogP contribution in [0, 0.1) is 0 Å². The predicted molar refractivity (Wildman–Crippen MR) is 123 cm³/mol. The number of thiocarbonyl (C=S) groups is 1. The molecule has 0 fully saturated rings. The van der Waals surface area contributed by atoms with Crippen molar-refractivity contribution >= 4 is 40.7 Å². The van der Waals surface area contributed by atoms with Gasteiger partial charge in [0.25, 0.3) is 0 Å². The number of rotatable bonds is 8. The molecular formula is C22H27N3O3S. The van der Waals surface area contributed by atoms with Crippen molar-refractivity contribution < 1.29 is 14.3 Å². The highest BCUT2D eigenvalue weighted by molar-refractivity contribution is 7.80. The average molecular weight is 414 g/mol. The molecular weight excluding hydrogens is 386 g/mol. The summed E-state index contributed by atoms with van der Waals surface area (Å²) < 4.78 is 10.5. The van der Waals surface area contributed by atoms with Crippen molar-refractivity contribution in [3.05, 3.63) is 54.1 Å². The quantitative estimate of drug-likeness (QED) is 0.502. The monoisotopic (exact) mass is 413 g/mol. The van der Waals surface area contributed by atoms with Crippen LogP contribution in [0.4, 0.5) is 11.4 Å². The molecule has 154 valence electrons. The zero-order chi connectivity index (χ0) is 21.2. The van der Waals surface area contributed by atoms with Crippen molar-refractivity contribution in [3.8, 4) is 11.5 Å². The van der Waals surface area contributed by atoms with Gasteiger partial charge in [0.1, 0.15) is 0 Å². The summed E-state index contributed by atoms with van der Waals surface area (Å²) in [6.45, 7) is 6.14. The molecule has 0 aliphatic rings. The topological polar surface area (TPSA) is 62.8 Å². The lowest BCUT2D eigenvalue weighted by atomic mass is 10.2. The predicted octanol–water partition coefficient (Wildman–Crippen LogP) is 4.08. The van der Waals surface area contributed by atoms with Gasteiger partial charge >= 0.3 is 0 Å². The Labute approximate surface area is 177 Å². The number of carbonyl (C=O) groups excluding carboxylic acids is 1. The standard InChI is InChI=1S/C22H27N3O3S/c1-5-25(6-2)18-11-9-17(10-12-18)23-22(29)24-21(26)14-8-16-7-13-19(27-3)20(15-16)28-4/h7-15H,5-6H2,1-4H3,(H2,23,24,26,29)/b14-8+. The Hall–Kier alpha value is -3.06. The Morgan fingerprint density at radius 3 is 2.28 bits per heavy atom. The summed E-state index contributed by atoms with van der Waals surface area (Å²) >= 11 is 5.22. The molecule has 0 aromatic heterocycles. The fraction of sp³-hybridized carbons (Fsp3) is 0.273. The largest absolute Gasteiger partial charge is 0.493 e. The van der Waals surface area contributed by atoms with Crippen LogP contribution in [0.3, 0.4) is 0 Å². The van der Waals surface area contributed by atoms with Gasteiger partial charge in [-0.3, -0.25) is 10.1 Å². The maximum atomic E-state index is 12.1. The zero-order valence-corrected chi connectivity index (χ0v) is 18.0. The van der Waals surface area contributed by atoms with E-state index in [1.54, 1.807) is 32.4 Å². The van der Waals surface area contributed by atoms with Gasteiger partial charge in [0.05, 0.1) is 14.2 Å². The number of benzene rings is 2. The molecule has 29 heavy (non-hydrogen) atoms. The van der Waals surface area contributed by atoms with Crippen LogP contribution in [0.15, 0.2) is 48.5 Å². The highest BCUT2D eigenvalue weighted by Crippen LogP contribution is 2.27. The van der Waals surface area contributed by atoms with Crippen LogP contribution in [-0.2, 0) is 4.79 Å². The molecule has 2 aromatic carbocycles. The van der Waals surface area contributed by atoms with Crippen molar-refractivity contribution in [2.75, 3.05) is 37.5 Å². The van der Waals surface area contributed by atoms with Gasteiger partial charge in [0.15, 0.2) is 16.6 Å². The lowest BCUT2D eigenvalue weighted by Gasteiger charge is -2.21. The number of nitrogens with zero attached hydrogens (tertiary/aromatic N) is 1. The van der Waals surface area contributed by atoms with Crippen LogP contribution >= 0.6 is 12.2 Å². The Bertz CT molecular complexity index is 862. The second kappa shape index (κ2) is 11.1. The molecule has 2 rings (SSSR count). The third kappa shape index (κ3) is 6.50. The minimum atomic E-state index is -0.322. The third-order valence-corrected chi connectivity index (χ3v) is 4.53. The van der Waals surface area contributed by atoms with Gasteiger partial charge < -0.3 is 19.7 Å². The molecule has 0 heterocycles. The number of hydrogen-bond acceptors (Lipinski definition) is 5. The minimum Gasteiger partial charge on any atom is -0.493 e. The van der Waals surface area contributed by atoms with Crippen LogP contribution in [-0.4, -0.2) is 38.3 Å². The summed E-state index contributed by atoms with van der Waals surface area (Å²) in [5, 5.41) is 5.89. The first kappa shape index (κ1) is 22.2. The lowest BCUT2D eigenvalue weighted by Crippen LogP contribution is -2.32. The van der Waals surface area contributed by atoms with Crippen LogP contribution in [0.5, 0.6) is 11.5 Å². The number of nitrogens with one attached hydrogen (secondary N) is 2. The molecule has 0 spiro atoms. The van der Waals surface area contributed by atoms with Gasteiger partial charge in [0, 0.05) is 30.5 Å². The Morgan fingerprint density at radius 2 is 1.69 bits per heavy atom. The van der Waals surface area contributed by atoms with E-state index in [2.05, 4.69) is 29.4 Å². The molecule has 0 atom stereocenters. The number of methoxy groups -OCH3 is 2. The van der Waals surface area contributed by atoms with Crippen molar-refractivity contribution in [3.63, 3.8) is 0 Å². The molecule has 7 heteroatoms. The van der Waals surface area contributed by atoms with Gasteiger partial charge in [-0.15, -0.1) is 0 Å². The number of hydrogen-bond donors (Lipinski definition) is 2. The van der Waals surface area contributed by atoms with Gasteiger partial charge in [0.2, 0.25) is 5.91 Å². The van der Waals surface area contributed by atoms with Crippen molar-refractivity contribution in [1.82, 2.24) is 5.32 Å². The van der Waals surface area contributed by atoms with E-state index in [9.17, 15) is 4.79 Å².